The van der Waals surface area contributed by atoms with Crippen LogP contribution in [0.4, 0.5) is 5.13 Å². The molecule has 0 saturated heterocycles. The van der Waals surface area contributed by atoms with Crippen molar-refractivity contribution in [2.75, 3.05) is 5.73 Å². The molecule has 6 nitrogen and oxygen atoms in total. The molecule has 1 aromatic carbocycles. The van der Waals surface area contributed by atoms with Crippen LogP contribution < -0.4 is 5.73 Å². The highest BCUT2D eigenvalue weighted by Crippen LogP contribution is 2.27. The lowest BCUT2D eigenvalue weighted by molar-refractivity contribution is 0.528. The van der Waals surface area contributed by atoms with Crippen LogP contribution >= 0.6 is 23.1 Å². The molecule has 0 aliphatic rings. The lowest BCUT2D eigenvalue weighted by Gasteiger charge is -1.96. The third-order valence-corrected chi connectivity index (χ3v) is 4.34. The van der Waals surface area contributed by atoms with Crippen LogP contribution in [0.25, 0.3) is 11.5 Å². The summed E-state index contributed by atoms with van der Waals surface area (Å²) in [7, 11) is 0. The molecular weight excluding hydrogens is 294 g/mol. The van der Waals surface area contributed by atoms with Gasteiger partial charge in [0.2, 0.25) is 16.9 Å². The summed E-state index contributed by atoms with van der Waals surface area (Å²) in [6.45, 7) is 2.02. The summed E-state index contributed by atoms with van der Waals surface area (Å²) in [5, 5.41) is 16.2. The number of aryl methyl sites for hydroxylation is 1. The first-order valence-electron chi connectivity index (χ1n) is 5.82. The van der Waals surface area contributed by atoms with Gasteiger partial charge in [0, 0.05) is 5.56 Å². The van der Waals surface area contributed by atoms with Crippen LogP contribution in [0.15, 0.2) is 33.0 Å². The highest BCUT2D eigenvalue weighted by atomic mass is 32.2. The highest BCUT2D eigenvalue weighted by Gasteiger charge is 2.10. The minimum absolute atomic E-state index is 0.457. The standard InChI is InChI=1S/C12H11N5OS2/c1-7-3-2-4-8(5-7)10-15-14-9(18-10)6-19-12-17-16-11(13)20-12/h2-5H,6H2,1H3,(H2,13,16). The van der Waals surface area contributed by atoms with E-state index in [0.29, 0.717) is 22.7 Å². The number of nitrogens with two attached hydrogens (primary N) is 1. The van der Waals surface area contributed by atoms with Crippen LogP contribution in [0.1, 0.15) is 11.5 Å². The zero-order valence-corrected chi connectivity index (χ0v) is 12.2. The summed E-state index contributed by atoms with van der Waals surface area (Å²) in [5.41, 5.74) is 7.60. The number of thioether (sulfide) groups is 1. The normalized spacial score (nSPS) is 10.8. The summed E-state index contributed by atoms with van der Waals surface area (Å²) in [6.07, 6.45) is 0. The molecule has 0 fully saturated rings. The van der Waals surface area contributed by atoms with Gasteiger partial charge in [-0.05, 0) is 19.1 Å². The third kappa shape index (κ3) is 2.97. The average molecular weight is 305 g/mol. The van der Waals surface area contributed by atoms with Crippen molar-refractivity contribution in [2.45, 2.75) is 17.0 Å². The van der Waals surface area contributed by atoms with Crippen molar-refractivity contribution in [1.82, 2.24) is 20.4 Å². The van der Waals surface area contributed by atoms with Gasteiger partial charge in [-0.3, -0.25) is 0 Å². The van der Waals surface area contributed by atoms with E-state index >= 15 is 0 Å². The Morgan fingerprint density at radius 1 is 1.25 bits per heavy atom. The number of hydrogen-bond acceptors (Lipinski definition) is 8. The fraction of sp³-hybridized carbons (Fsp3) is 0.167. The van der Waals surface area contributed by atoms with E-state index in [0.717, 1.165) is 15.5 Å². The van der Waals surface area contributed by atoms with E-state index in [1.807, 2.05) is 31.2 Å². The molecule has 0 saturated carbocycles. The first-order valence-corrected chi connectivity index (χ1v) is 7.62. The average Bonchev–Trinajstić information content (AvgIpc) is 3.05. The molecule has 0 aliphatic carbocycles. The number of anilines is 1. The largest absolute Gasteiger partial charge is 0.420 e. The molecule has 0 unspecified atom stereocenters. The van der Waals surface area contributed by atoms with Crippen LogP contribution in [-0.4, -0.2) is 20.4 Å². The number of nitrogen functional groups attached to an aromatic ring is 1. The Kier molecular flexibility index (Phi) is 3.66. The van der Waals surface area contributed by atoms with Gasteiger partial charge in [-0.15, -0.1) is 20.4 Å². The molecule has 3 aromatic rings. The molecule has 2 heterocycles. The molecule has 0 radical (unpaired) electrons. The Balaban J connectivity index is 1.70. The maximum atomic E-state index is 5.64. The summed E-state index contributed by atoms with van der Waals surface area (Å²) in [4.78, 5) is 0. The van der Waals surface area contributed by atoms with E-state index in [1.165, 1.54) is 23.1 Å². The second kappa shape index (κ2) is 5.59. The van der Waals surface area contributed by atoms with E-state index in [2.05, 4.69) is 20.4 Å². The van der Waals surface area contributed by atoms with Crippen molar-refractivity contribution in [1.29, 1.82) is 0 Å². The topological polar surface area (TPSA) is 90.7 Å². The van der Waals surface area contributed by atoms with Gasteiger partial charge in [-0.2, -0.15) is 0 Å². The van der Waals surface area contributed by atoms with Gasteiger partial charge in [-0.1, -0.05) is 40.8 Å². The second-order valence-electron chi connectivity index (χ2n) is 4.07. The van der Waals surface area contributed by atoms with Crippen molar-refractivity contribution in [3.8, 4) is 11.5 Å². The van der Waals surface area contributed by atoms with Crippen molar-refractivity contribution >= 4 is 28.2 Å². The van der Waals surface area contributed by atoms with Gasteiger partial charge in [0.25, 0.3) is 0 Å². The maximum Gasteiger partial charge on any atom is 0.247 e. The Bertz CT molecular complexity index is 724. The molecule has 0 spiro atoms. The number of benzene rings is 1. The predicted molar refractivity (Wildman–Crippen MR) is 78.4 cm³/mol. The number of aromatic nitrogens is 4. The van der Waals surface area contributed by atoms with Crippen molar-refractivity contribution in [3.63, 3.8) is 0 Å². The van der Waals surface area contributed by atoms with Crippen LogP contribution in [0.3, 0.4) is 0 Å². The fourth-order valence-corrected chi connectivity index (χ4v) is 3.08. The molecule has 0 atom stereocenters. The molecule has 0 bridgehead atoms. The Morgan fingerprint density at radius 3 is 2.90 bits per heavy atom. The minimum Gasteiger partial charge on any atom is -0.420 e. The lowest BCUT2D eigenvalue weighted by Crippen LogP contribution is -1.80. The highest BCUT2D eigenvalue weighted by molar-refractivity contribution is 8.00. The fourth-order valence-electron chi connectivity index (χ4n) is 1.61. The summed E-state index contributed by atoms with van der Waals surface area (Å²) < 4.78 is 6.42. The zero-order chi connectivity index (χ0) is 13.9. The third-order valence-electron chi connectivity index (χ3n) is 2.47. The minimum atomic E-state index is 0.457. The van der Waals surface area contributed by atoms with Gasteiger partial charge in [-0.25, -0.2) is 0 Å². The van der Waals surface area contributed by atoms with E-state index in [-0.39, 0.29) is 0 Å². The van der Waals surface area contributed by atoms with E-state index in [9.17, 15) is 0 Å². The Morgan fingerprint density at radius 2 is 2.15 bits per heavy atom. The molecular formula is C12H11N5OS2. The SMILES string of the molecule is Cc1cccc(-c2nnc(CSc3nnc(N)s3)o2)c1. The first-order chi connectivity index (χ1) is 9.70. The van der Waals surface area contributed by atoms with Crippen LogP contribution in [0, 0.1) is 6.92 Å². The Labute approximate surface area is 123 Å². The van der Waals surface area contributed by atoms with Crippen LogP contribution in [0.5, 0.6) is 0 Å². The number of nitrogens with zero attached hydrogens (tertiary/aromatic N) is 4. The van der Waals surface area contributed by atoms with Gasteiger partial charge < -0.3 is 10.2 Å². The van der Waals surface area contributed by atoms with Gasteiger partial charge in [0.15, 0.2) is 4.34 Å². The summed E-state index contributed by atoms with van der Waals surface area (Å²) in [6, 6.07) is 7.95. The van der Waals surface area contributed by atoms with Gasteiger partial charge >= 0.3 is 0 Å². The maximum absolute atomic E-state index is 5.64. The van der Waals surface area contributed by atoms with Crippen molar-refractivity contribution in [3.05, 3.63) is 35.7 Å². The lowest BCUT2D eigenvalue weighted by atomic mass is 10.1. The molecule has 102 valence electrons. The quantitative estimate of drug-likeness (QED) is 0.741. The van der Waals surface area contributed by atoms with E-state index < -0.39 is 0 Å². The molecule has 2 N–H and O–H groups in total. The van der Waals surface area contributed by atoms with Crippen molar-refractivity contribution < 1.29 is 4.42 Å². The first kappa shape index (κ1) is 13.1. The second-order valence-corrected chi connectivity index (χ2v) is 6.30. The molecule has 0 aliphatic heterocycles. The van der Waals surface area contributed by atoms with Gasteiger partial charge in [0.1, 0.15) is 0 Å². The van der Waals surface area contributed by atoms with Crippen LogP contribution in [-0.2, 0) is 5.75 Å². The zero-order valence-electron chi connectivity index (χ0n) is 10.6. The van der Waals surface area contributed by atoms with E-state index in [1.54, 1.807) is 0 Å². The van der Waals surface area contributed by atoms with Crippen molar-refractivity contribution in [2.24, 2.45) is 0 Å². The summed E-state index contributed by atoms with van der Waals surface area (Å²) >= 11 is 2.82. The molecule has 2 aromatic heterocycles. The summed E-state index contributed by atoms with van der Waals surface area (Å²) in [5.74, 6) is 1.63. The Hall–Kier alpha value is -1.93. The number of hydrogen-bond donors (Lipinski definition) is 1. The predicted octanol–water partition coefficient (Wildman–Crippen LogP) is 2.77. The smallest absolute Gasteiger partial charge is 0.247 e. The molecule has 3 rings (SSSR count). The monoisotopic (exact) mass is 305 g/mol. The van der Waals surface area contributed by atoms with Gasteiger partial charge in [0.05, 0.1) is 5.75 Å². The molecule has 8 heteroatoms. The van der Waals surface area contributed by atoms with Crippen LogP contribution in [0.2, 0.25) is 0 Å². The molecule has 20 heavy (non-hydrogen) atoms. The molecule has 0 amide bonds. The van der Waals surface area contributed by atoms with E-state index in [4.69, 9.17) is 10.2 Å². The number of rotatable bonds is 4.